The van der Waals surface area contributed by atoms with Crippen LogP contribution in [0.4, 0.5) is 4.39 Å². The molecule has 0 radical (unpaired) electrons. The Balaban J connectivity index is 2.09. The second-order valence-electron chi connectivity index (χ2n) is 7.61. The minimum absolute atomic E-state index is 0.0469. The molecule has 3 aromatic rings. The number of carbonyl (C=O) groups is 1. The molecule has 1 atom stereocenters. The Morgan fingerprint density at radius 3 is 2.61 bits per heavy atom. The maximum atomic E-state index is 13.2. The zero-order valence-electron chi connectivity index (χ0n) is 17.6. The highest BCUT2D eigenvalue weighted by molar-refractivity contribution is 6.01. The van der Waals surface area contributed by atoms with Gasteiger partial charge in [-0.05, 0) is 49.1 Å². The molecular formula is C23H26FN3O4. The minimum atomic E-state index is -0.791. The highest BCUT2D eigenvalue weighted by Gasteiger charge is 2.23. The molecule has 3 N–H and O–H groups in total. The molecule has 0 saturated heterocycles. The predicted octanol–water partition coefficient (Wildman–Crippen LogP) is 2.74. The first kappa shape index (κ1) is 22.4. The van der Waals surface area contributed by atoms with Crippen molar-refractivity contribution in [1.29, 1.82) is 0 Å². The molecule has 8 heteroatoms. The fourth-order valence-corrected chi connectivity index (χ4v) is 3.35. The fraction of sp³-hybridized carbons (Fsp3) is 0.348. The number of nitrogens with zero attached hydrogens (tertiary/aromatic N) is 2. The quantitative estimate of drug-likeness (QED) is 0.513. The van der Waals surface area contributed by atoms with Crippen LogP contribution in [0.3, 0.4) is 0 Å². The van der Waals surface area contributed by atoms with Crippen molar-refractivity contribution >= 4 is 16.9 Å². The molecule has 1 amide bonds. The number of hydrogen-bond donors (Lipinski definition) is 3. The Bertz CT molecular complexity index is 1140. The number of pyridine rings is 2. The van der Waals surface area contributed by atoms with Crippen molar-refractivity contribution in [3.63, 3.8) is 0 Å². The van der Waals surface area contributed by atoms with Crippen molar-refractivity contribution in [1.82, 2.24) is 14.9 Å². The number of benzene rings is 1. The van der Waals surface area contributed by atoms with Crippen LogP contribution in [0.2, 0.25) is 0 Å². The molecule has 0 aliphatic heterocycles. The summed E-state index contributed by atoms with van der Waals surface area (Å²) in [6.07, 6.45) is 2.79. The smallest absolute Gasteiger partial charge is 0.267 e. The van der Waals surface area contributed by atoms with E-state index in [1.165, 1.54) is 23.6 Å². The molecule has 7 nitrogen and oxygen atoms in total. The number of aromatic nitrogens is 2. The monoisotopic (exact) mass is 427 g/mol. The van der Waals surface area contributed by atoms with E-state index in [1.54, 1.807) is 24.4 Å². The maximum Gasteiger partial charge on any atom is 0.267 e. The number of aliphatic hydroxyl groups is 1. The van der Waals surface area contributed by atoms with E-state index in [0.29, 0.717) is 24.9 Å². The lowest BCUT2D eigenvalue weighted by Gasteiger charge is -2.15. The number of unbranched alkanes of at least 4 members (excludes halogenated alkanes) is 1. The van der Waals surface area contributed by atoms with Crippen molar-refractivity contribution in [3.05, 3.63) is 69.4 Å². The summed E-state index contributed by atoms with van der Waals surface area (Å²) in [4.78, 5) is 30.0. The zero-order valence-corrected chi connectivity index (χ0v) is 17.6. The third-order valence-corrected chi connectivity index (χ3v) is 4.98. The molecule has 2 aromatic heterocycles. The van der Waals surface area contributed by atoms with Crippen LogP contribution >= 0.6 is 0 Å². The minimum Gasteiger partial charge on any atom is -0.505 e. The molecule has 1 aromatic carbocycles. The lowest BCUT2D eigenvalue weighted by Crippen LogP contribution is -2.36. The fourth-order valence-electron chi connectivity index (χ4n) is 3.35. The van der Waals surface area contributed by atoms with Gasteiger partial charge in [0.15, 0.2) is 5.75 Å². The molecule has 0 spiro atoms. The van der Waals surface area contributed by atoms with E-state index >= 15 is 0 Å². The van der Waals surface area contributed by atoms with Crippen molar-refractivity contribution in [2.45, 2.75) is 45.8 Å². The average Bonchev–Trinajstić information content (AvgIpc) is 2.74. The summed E-state index contributed by atoms with van der Waals surface area (Å²) in [5.41, 5.74) is 1.26. The van der Waals surface area contributed by atoms with Gasteiger partial charge in [-0.3, -0.25) is 14.6 Å². The summed E-state index contributed by atoms with van der Waals surface area (Å²) in [6.45, 7) is 3.81. The third-order valence-electron chi connectivity index (χ3n) is 4.98. The van der Waals surface area contributed by atoms with Gasteiger partial charge < -0.3 is 20.1 Å². The van der Waals surface area contributed by atoms with Crippen molar-refractivity contribution in [3.8, 4) is 5.75 Å². The van der Waals surface area contributed by atoms with Crippen LogP contribution in [0.15, 0.2) is 41.3 Å². The summed E-state index contributed by atoms with van der Waals surface area (Å²) in [6, 6.07) is 7.88. The molecule has 0 bridgehead atoms. The van der Waals surface area contributed by atoms with Crippen molar-refractivity contribution < 1.29 is 19.4 Å². The largest absolute Gasteiger partial charge is 0.505 e. The van der Waals surface area contributed by atoms with Crippen LogP contribution < -0.4 is 10.9 Å². The van der Waals surface area contributed by atoms with Gasteiger partial charge >= 0.3 is 0 Å². The first-order chi connectivity index (χ1) is 14.8. The Hall–Kier alpha value is -3.26. The molecule has 3 rings (SSSR count). The topological polar surface area (TPSA) is 104 Å². The van der Waals surface area contributed by atoms with E-state index in [9.17, 15) is 24.2 Å². The SMILES string of the molecule is CCCCn1c(=O)c(C(=O)NC[C@@H](C)O)c(O)c2ncc(Cc3ccc(F)cc3)cc21. The maximum absolute atomic E-state index is 13.2. The number of carbonyl (C=O) groups excluding carboxylic acids is 1. The summed E-state index contributed by atoms with van der Waals surface area (Å²) >= 11 is 0. The molecule has 2 heterocycles. The van der Waals surface area contributed by atoms with Gasteiger partial charge in [0.2, 0.25) is 0 Å². The lowest BCUT2D eigenvalue weighted by atomic mass is 10.0. The van der Waals surface area contributed by atoms with E-state index < -0.39 is 23.3 Å². The second-order valence-corrected chi connectivity index (χ2v) is 7.61. The molecule has 0 aliphatic carbocycles. The van der Waals surface area contributed by atoms with E-state index in [4.69, 9.17) is 0 Å². The van der Waals surface area contributed by atoms with Gasteiger partial charge in [0.25, 0.3) is 11.5 Å². The zero-order chi connectivity index (χ0) is 22.5. The van der Waals surface area contributed by atoms with Gasteiger partial charge in [0, 0.05) is 19.3 Å². The second kappa shape index (κ2) is 9.70. The van der Waals surface area contributed by atoms with E-state index in [0.717, 1.165) is 17.5 Å². The highest BCUT2D eigenvalue weighted by atomic mass is 19.1. The standard InChI is InChI=1S/C23H26FN3O4/c1-3-4-9-27-18-11-16(10-15-5-7-17(24)8-6-15)13-25-20(18)21(29)19(23(27)31)22(30)26-12-14(2)28/h5-8,11,13-14,28-29H,3-4,9-10,12H2,1-2H3,(H,26,30)/t14-/m1/s1. The lowest BCUT2D eigenvalue weighted by molar-refractivity contribution is 0.0919. The number of fused-ring (bicyclic) bond motifs is 1. The Kier molecular flexibility index (Phi) is 7.02. The van der Waals surface area contributed by atoms with Crippen LogP contribution in [-0.2, 0) is 13.0 Å². The first-order valence-electron chi connectivity index (χ1n) is 10.3. The summed E-state index contributed by atoms with van der Waals surface area (Å²) in [5.74, 6) is -1.56. The summed E-state index contributed by atoms with van der Waals surface area (Å²) in [5, 5.41) is 22.5. The van der Waals surface area contributed by atoms with E-state index in [1.807, 2.05) is 6.92 Å². The van der Waals surface area contributed by atoms with Gasteiger partial charge in [-0.1, -0.05) is 25.5 Å². The molecule has 31 heavy (non-hydrogen) atoms. The number of nitrogens with one attached hydrogen (secondary N) is 1. The number of rotatable bonds is 8. The highest BCUT2D eigenvalue weighted by Crippen LogP contribution is 2.26. The van der Waals surface area contributed by atoms with Gasteiger partial charge in [-0.15, -0.1) is 0 Å². The Morgan fingerprint density at radius 1 is 1.26 bits per heavy atom. The number of aryl methyl sites for hydroxylation is 1. The van der Waals surface area contributed by atoms with Gasteiger partial charge in [-0.2, -0.15) is 0 Å². The molecule has 0 aliphatic rings. The average molecular weight is 427 g/mol. The molecular weight excluding hydrogens is 401 g/mol. The van der Waals surface area contributed by atoms with E-state index in [-0.39, 0.29) is 23.4 Å². The first-order valence-corrected chi connectivity index (χ1v) is 10.3. The Morgan fingerprint density at radius 2 is 1.97 bits per heavy atom. The molecule has 164 valence electrons. The molecule has 0 saturated carbocycles. The third kappa shape index (κ3) is 5.08. The van der Waals surface area contributed by atoms with Crippen LogP contribution in [0.25, 0.3) is 11.0 Å². The van der Waals surface area contributed by atoms with Crippen LogP contribution in [-0.4, -0.2) is 38.3 Å². The number of aromatic hydroxyl groups is 1. The van der Waals surface area contributed by atoms with Crippen molar-refractivity contribution in [2.24, 2.45) is 0 Å². The molecule has 0 unspecified atom stereocenters. The summed E-state index contributed by atoms with van der Waals surface area (Å²) < 4.78 is 14.6. The number of amides is 1. The number of halogens is 1. The van der Waals surface area contributed by atoms with Gasteiger partial charge in [-0.25, -0.2) is 4.39 Å². The predicted molar refractivity (Wildman–Crippen MR) is 116 cm³/mol. The van der Waals surface area contributed by atoms with Gasteiger partial charge in [0.1, 0.15) is 16.9 Å². The van der Waals surface area contributed by atoms with Crippen molar-refractivity contribution in [2.75, 3.05) is 6.54 Å². The normalized spacial score (nSPS) is 12.1. The van der Waals surface area contributed by atoms with E-state index in [2.05, 4.69) is 10.3 Å². The number of aliphatic hydroxyl groups excluding tert-OH is 1. The Labute approximate surface area is 179 Å². The van der Waals surface area contributed by atoms with Crippen LogP contribution in [0.5, 0.6) is 5.75 Å². The molecule has 0 fully saturated rings. The van der Waals surface area contributed by atoms with Crippen LogP contribution in [0, 0.1) is 5.82 Å². The number of hydrogen-bond acceptors (Lipinski definition) is 5. The van der Waals surface area contributed by atoms with Crippen LogP contribution in [0.1, 0.15) is 48.2 Å². The summed E-state index contributed by atoms with van der Waals surface area (Å²) in [7, 11) is 0. The van der Waals surface area contributed by atoms with Gasteiger partial charge in [0.05, 0.1) is 11.6 Å².